The van der Waals surface area contributed by atoms with Crippen molar-refractivity contribution in [2.75, 3.05) is 25.0 Å². The van der Waals surface area contributed by atoms with E-state index in [-0.39, 0.29) is 5.91 Å². The summed E-state index contributed by atoms with van der Waals surface area (Å²) in [6, 6.07) is 6.27. The van der Waals surface area contributed by atoms with Crippen molar-refractivity contribution in [3.8, 4) is 0 Å². The highest BCUT2D eigenvalue weighted by atomic mass is 16.5. The summed E-state index contributed by atoms with van der Waals surface area (Å²) in [5, 5.41) is 6.29. The van der Waals surface area contributed by atoms with Crippen molar-refractivity contribution in [3.05, 3.63) is 29.3 Å². The van der Waals surface area contributed by atoms with E-state index in [1.807, 2.05) is 6.07 Å². The molecule has 1 saturated heterocycles. The molecule has 1 amide bonds. The Morgan fingerprint density at radius 3 is 2.90 bits per heavy atom. The lowest BCUT2D eigenvalue weighted by Crippen LogP contribution is -2.33. The minimum absolute atomic E-state index is 0.0434. The van der Waals surface area contributed by atoms with Crippen LogP contribution in [0, 0.1) is 0 Å². The maximum absolute atomic E-state index is 12.0. The van der Waals surface area contributed by atoms with Crippen LogP contribution in [0.25, 0.3) is 0 Å². The number of ether oxygens (including phenoxy) is 1. The molecule has 4 nitrogen and oxygen atoms in total. The SMILES string of the molecule is O=C(CCOC1CCNCC1)Nc1ccc2c(c1)CCC2. The Labute approximate surface area is 126 Å². The Hall–Kier alpha value is -1.39. The van der Waals surface area contributed by atoms with Crippen LogP contribution in [0.3, 0.4) is 0 Å². The number of benzene rings is 1. The minimum atomic E-state index is 0.0434. The number of rotatable bonds is 5. The average molecular weight is 288 g/mol. The standard InChI is InChI=1S/C17H24N2O2/c20-17(8-11-21-16-6-9-18-10-7-16)19-15-5-4-13-2-1-3-14(13)12-15/h4-5,12,16,18H,1-3,6-11H2,(H,19,20). The first-order chi connectivity index (χ1) is 10.3. The first-order valence-corrected chi connectivity index (χ1v) is 8.05. The van der Waals surface area contributed by atoms with Crippen LogP contribution < -0.4 is 10.6 Å². The number of carbonyl (C=O) groups excluding carboxylic acids is 1. The van der Waals surface area contributed by atoms with Crippen molar-refractivity contribution in [1.29, 1.82) is 0 Å². The quantitative estimate of drug-likeness (QED) is 0.874. The molecule has 1 aromatic carbocycles. The van der Waals surface area contributed by atoms with Gasteiger partial charge in [0.05, 0.1) is 19.1 Å². The Morgan fingerprint density at radius 2 is 2.05 bits per heavy atom. The van der Waals surface area contributed by atoms with E-state index in [4.69, 9.17) is 4.74 Å². The number of hydrogen-bond acceptors (Lipinski definition) is 3. The van der Waals surface area contributed by atoms with Gasteiger partial charge in [0.1, 0.15) is 0 Å². The van der Waals surface area contributed by atoms with E-state index in [1.165, 1.54) is 24.0 Å². The molecule has 21 heavy (non-hydrogen) atoms. The fraction of sp³-hybridized carbons (Fsp3) is 0.588. The molecule has 2 aliphatic rings. The topological polar surface area (TPSA) is 50.4 Å². The van der Waals surface area contributed by atoms with Gasteiger partial charge in [0.15, 0.2) is 0 Å². The first kappa shape index (κ1) is 14.5. The summed E-state index contributed by atoms with van der Waals surface area (Å²) in [5.41, 5.74) is 3.74. The highest BCUT2D eigenvalue weighted by molar-refractivity contribution is 5.90. The van der Waals surface area contributed by atoms with Crippen LogP contribution in [0.1, 0.15) is 36.8 Å². The smallest absolute Gasteiger partial charge is 0.226 e. The molecule has 1 heterocycles. The molecule has 1 aromatic rings. The maximum atomic E-state index is 12.0. The van der Waals surface area contributed by atoms with Crippen LogP contribution in [0.5, 0.6) is 0 Å². The predicted molar refractivity (Wildman–Crippen MR) is 83.6 cm³/mol. The molecule has 0 radical (unpaired) electrons. The molecule has 1 aliphatic carbocycles. The number of piperidine rings is 1. The van der Waals surface area contributed by atoms with Gasteiger partial charge in [0.25, 0.3) is 0 Å². The molecule has 0 saturated carbocycles. The highest BCUT2D eigenvalue weighted by Crippen LogP contribution is 2.24. The van der Waals surface area contributed by atoms with E-state index >= 15 is 0 Å². The van der Waals surface area contributed by atoms with Gasteiger partial charge in [0.2, 0.25) is 5.91 Å². The van der Waals surface area contributed by atoms with Crippen molar-refractivity contribution >= 4 is 11.6 Å². The minimum Gasteiger partial charge on any atom is -0.378 e. The second kappa shape index (κ2) is 7.05. The van der Waals surface area contributed by atoms with Crippen molar-refractivity contribution in [2.24, 2.45) is 0 Å². The number of nitrogens with one attached hydrogen (secondary N) is 2. The Morgan fingerprint density at radius 1 is 1.24 bits per heavy atom. The summed E-state index contributed by atoms with van der Waals surface area (Å²) in [6.07, 6.45) is 6.39. The van der Waals surface area contributed by atoms with Crippen molar-refractivity contribution in [2.45, 2.75) is 44.6 Å². The van der Waals surface area contributed by atoms with Crippen LogP contribution in [-0.2, 0) is 22.4 Å². The third-order valence-electron chi connectivity index (χ3n) is 4.35. The first-order valence-electron chi connectivity index (χ1n) is 8.05. The highest BCUT2D eigenvalue weighted by Gasteiger charge is 2.14. The molecule has 2 N–H and O–H groups in total. The van der Waals surface area contributed by atoms with E-state index in [1.54, 1.807) is 0 Å². The number of amides is 1. The molecule has 0 atom stereocenters. The molecule has 0 spiro atoms. The van der Waals surface area contributed by atoms with Gasteiger partial charge >= 0.3 is 0 Å². The van der Waals surface area contributed by atoms with Gasteiger partial charge in [-0.05, 0) is 68.5 Å². The van der Waals surface area contributed by atoms with Gasteiger partial charge in [-0.1, -0.05) is 6.07 Å². The summed E-state index contributed by atoms with van der Waals surface area (Å²) in [5.74, 6) is 0.0434. The fourth-order valence-electron chi connectivity index (χ4n) is 3.15. The lowest BCUT2D eigenvalue weighted by Gasteiger charge is -2.22. The monoisotopic (exact) mass is 288 g/mol. The van der Waals surface area contributed by atoms with Crippen molar-refractivity contribution < 1.29 is 9.53 Å². The largest absolute Gasteiger partial charge is 0.378 e. The fourth-order valence-corrected chi connectivity index (χ4v) is 3.15. The molecule has 4 heteroatoms. The summed E-state index contributed by atoms with van der Waals surface area (Å²) in [7, 11) is 0. The molecule has 0 bridgehead atoms. The predicted octanol–water partition coefficient (Wildman–Crippen LogP) is 2.27. The number of hydrogen-bond donors (Lipinski definition) is 2. The molecule has 1 fully saturated rings. The van der Waals surface area contributed by atoms with Crippen LogP contribution in [0.2, 0.25) is 0 Å². The van der Waals surface area contributed by atoms with Crippen molar-refractivity contribution in [1.82, 2.24) is 5.32 Å². The lowest BCUT2D eigenvalue weighted by atomic mass is 10.1. The van der Waals surface area contributed by atoms with E-state index < -0.39 is 0 Å². The molecule has 0 aromatic heterocycles. The van der Waals surface area contributed by atoms with Crippen LogP contribution >= 0.6 is 0 Å². The van der Waals surface area contributed by atoms with Gasteiger partial charge in [-0.25, -0.2) is 0 Å². The maximum Gasteiger partial charge on any atom is 0.226 e. The van der Waals surface area contributed by atoms with E-state index in [9.17, 15) is 4.79 Å². The molecule has 114 valence electrons. The zero-order chi connectivity index (χ0) is 14.5. The van der Waals surface area contributed by atoms with Gasteiger partial charge < -0.3 is 15.4 Å². The number of fused-ring (bicyclic) bond motifs is 1. The van der Waals surface area contributed by atoms with Crippen LogP contribution in [-0.4, -0.2) is 31.7 Å². The zero-order valence-electron chi connectivity index (χ0n) is 12.5. The number of anilines is 1. The third kappa shape index (κ3) is 4.05. The van der Waals surface area contributed by atoms with Gasteiger partial charge in [0, 0.05) is 5.69 Å². The van der Waals surface area contributed by atoms with Crippen molar-refractivity contribution in [3.63, 3.8) is 0 Å². The molecule has 3 rings (SSSR count). The van der Waals surface area contributed by atoms with Crippen LogP contribution in [0.4, 0.5) is 5.69 Å². The third-order valence-corrected chi connectivity index (χ3v) is 4.35. The van der Waals surface area contributed by atoms with E-state index in [0.717, 1.165) is 38.0 Å². The second-order valence-corrected chi connectivity index (χ2v) is 5.96. The summed E-state index contributed by atoms with van der Waals surface area (Å²) in [6.45, 7) is 2.55. The average Bonchev–Trinajstić information content (AvgIpc) is 2.96. The van der Waals surface area contributed by atoms with Gasteiger partial charge in [-0.2, -0.15) is 0 Å². The second-order valence-electron chi connectivity index (χ2n) is 5.96. The number of carbonyl (C=O) groups is 1. The van der Waals surface area contributed by atoms with Gasteiger partial charge in [-0.15, -0.1) is 0 Å². The summed E-state index contributed by atoms with van der Waals surface area (Å²) in [4.78, 5) is 12.0. The molecular formula is C17H24N2O2. The summed E-state index contributed by atoms with van der Waals surface area (Å²) >= 11 is 0. The molecule has 0 unspecified atom stereocenters. The number of aryl methyl sites for hydroxylation is 2. The molecular weight excluding hydrogens is 264 g/mol. The molecule has 1 aliphatic heterocycles. The van der Waals surface area contributed by atoms with E-state index in [0.29, 0.717) is 19.1 Å². The Bertz CT molecular complexity index is 496. The van der Waals surface area contributed by atoms with Crippen LogP contribution in [0.15, 0.2) is 18.2 Å². The lowest BCUT2D eigenvalue weighted by molar-refractivity contribution is -0.117. The zero-order valence-corrected chi connectivity index (χ0v) is 12.5. The Balaban J connectivity index is 1.41. The normalized spacial score (nSPS) is 18.5. The summed E-state index contributed by atoms with van der Waals surface area (Å²) < 4.78 is 5.76. The van der Waals surface area contributed by atoms with Gasteiger partial charge in [-0.3, -0.25) is 4.79 Å². The van der Waals surface area contributed by atoms with E-state index in [2.05, 4.69) is 22.8 Å². The Kier molecular flexibility index (Phi) is 4.88.